The lowest BCUT2D eigenvalue weighted by molar-refractivity contribution is -0.145. The topological polar surface area (TPSA) is 48.4 Å². The fourth-order valence-electron chi connectivity index (χ4n) is 4.03. The number of nitrogens with zero attached hydrogens (tertiary/aromatic N) is 1. The largest absolute Gasteiger partial charge is 0.482 e. The third-order valence-electron chi connectivity index (χ3n) is 6.12. The van der Waals surface area contributed by atoms with Gasteiger partial charge in [0.2, 0.25) is 0 Å². The van der Waals surface area contributed by atoms with E-state index < -0.39 is 34.7 Å². The maximum absolute atomic E-state index is 13.3. The predicted molar refractivity (Wildman–Crippen MR) is 150 cm³/mol. The van der Waals surface area contributed by atoms with Gasteiger partial charge in [-0.1, -0.05) is 24.3 Å². The minimum atomic E-state index is -4.49. The van der Waals surface area contributed by atoms with E-state index in [0.29, 0.717) is 27.6 Å². The van der Waals surface area contributed by atoms with Crippen molar-refractivity contribution >= 4 is 29.1 Å². The van der Waals surface area contributed by atoms with Gasteiger partial charge in [0.05, 0.1) is 28.7 Å². The average molecular weight is 626 g/mol. The smallest absolute Gasteiger partial charge is 0.416 e. The van der Waals surface area contributed by atoms with Gasteiger partial charge in [-0.25, -0.2) is 9.78 Å². The van der Waals surface area contributed by atoms with E-state index in [1.165, 1.54) is 47.4 Å². The Morgan fingerprint density at radius 3 is 2.05 bits per heavy atom. The fourth-order valence-corrected chi connectivity index (χ4v) is 6.63. The van der Waals surface area contributed by atoms with Crippen molar-refractivity contribution in [3.8, 4) is 16.3 Å². The van der Waals surface area contributed by atoms with Crippen LogP contribution in [0.4, 0.5) is 26.3 Å². The number of carbonyl (C=O) groups is 1. The van der Waals surface area contributed by atoms with Crippen LogP contribution in [0.15, 0.2) is 71.6 Å². The Morgan fingerprint density at radius 1 is 0.905 bits per heavy atom. The van der Waals surface area contributed by atoms with E-state index in [2.05, 4.69) is 4.98 Å². The summed E-state index contributed by atoms with van der Waals surface area (Å²) in [4.78, 5) is 17.8. The van der Waals surface area contributed by atoms with Crippen molar-refractivity contribution in [1.29, 1.82) is 0 Å². The van der Waals surface area contributed by atoms with Crippen molar-refractivity contribution in [3.05, 3.63) is 99.6 Å². The Morgan fingerprint density at radius 2 is 1.50 bits per heavy atom. The number of thiazole rings is 1. The number of benzene rings is 3. The molecule has 4 nitrogen and oxygen atoms in total. The second kappa shape index (κ2) is 12.8. The van der Waals surface area contributed by atoms with Gasteiger partial charge in [0, 0.05) is 15.3 Å². The number of carbonyl (C=O) groups excluding carboxylic acids is 1. The van der Waals surface area contributed by atoms with E-state index in [1.807, 2.05) is 6.07 Å². The number of ether oxygens (including phenoxy) is 2. The number of aromatic nitrogens is 1. The summed E-state index contributed by atoms with van der Waals surface area (Å²) in [6, 6.07) is 14.9. The summed E-state index contributed by atoms with van der Waals surface area (Å²) in [7, 11) is 0. The van der Waals surface area contributed by atoms with Gasteiger partial charge in [0.25, 0.3) is 0 Å². The van der Waals surface area contributed by atoms with Gasteiger partial charge in [0.15, 0.2) is 6.61 Å². The lowest BCUT2D eigenvalue weighted by Crippen LogP contribution is -2.14. The molecule has 0 aliphatic rings. The molecule has 0 saturated heterocycles. The highest BCUT2D eigenvalue weighted by Gasteiger charge is 2.32. The van der Waals surface area contributed by atoms with Crippen LogP contribution in [0, 0.1) is 13.8 Å². The molecule has 1 aromatic heterocycles. The van der Waals surface area contributed by atoms with Crippen molar-refractivity contribution in [3.63, 3.8) is 0 Å². The molecule has 0 aliphatic carbocycles. The quantitative estimate of drug-likeness (QED) is 0.105. The third kappa shape index (κ3) is 7.65. The molecule has 3 aromatic carbocycles. The lowest BCUT2D eigenvalue weighted by atomic mass is 10.1. The zero-order valence-electron chi connectivity index (χ0n) is 22.6. The van der Waals surface area contributed by atoms with E-state index in [9.17, 15) is 31.1 Å². The molecule has 4 rings (SSSR count). The maximum Gasteiger partial charge on any atom is 0.416 e. The molecule has 0 N–H and O–H groups in total. The normalized spacial score (nSPS) is 12.7. The fraction of sp³-hybridized carbons (Fsp3) is 0.267. The van der Waals surface area contributed by atoms with Crippen molar-refractivity contribution in [2.45, 2.75) is 43.3 Å². The second-order valence-corrected chi connectivity index (χ2v) is 11.4. The first-order chi connectivity index (χ1) is 19.8. The minimum Gasteiger partial charge on any atom is -0.482 e. The van der Waals surface area contributed by atoms with Gasteiger partial charge in [-0.05, 0) is 74.4 Å². The number of aryl methyl sites for hydroxylation is 2. The molecular weight excluding hydrogens is 600 g/mol. The SMILES string of the molecule is CCOC(=O)COc1ccc(SC(c2ccc(C(F)(F)F)cc2)c2sc(-c3ccc(C(F)(F)F)cc3)nc2C)cc1C. The van der Waals surface area contributed by atoms with Gasteiger partial charge in [-0.2, -0.15) is 26.3 Å². The van der Waals surface area contributed by atoms with Crippen LogP contribution in [-0.4, -0.2) is 24.2 Å². The van der Waals surface area contributed by atoms with Crippen LogP contribution < -0.4 is 4.74 Å². The lowest BCUT2D eigenvalue weighted by Gasteiger charge is -2.18. The molecule has 12 heteroatoms. The molecule has 0 aliphatic heterocycles. The molecule has 1 heterocycles. The number of thioether (sulfide) groups is 1. The Labute approximate surface area is 246 Å². The molecule has 0 radical (unpaired) electrons. The van der Waals surface area contributed by atoms with Gasteiger partial charge in [-0.3, -0.25) is 0 Å². The first-order valence-corrected chi connectivity index (χ1v) is 14.3. The van der Waals surface area contributed by atoms with Crippen LogP contribution in [0.25, 0.3) is 10.6 Å². The molecule has 222 valence electrons. The summed E-state index contributed by atoms with van der Waals surface area (Å²) in [5.41, 5.74) is 0.889. The second-order valence-electron chi connectivity index (χ2n) is 9.18. The van der Waals surface area contributed by atoms with E-state index in [-0.39, 0.29) is 13.2 Å². The van der Waals surface area contributed by atoms with E-state index >= 15 is 0 Å². The van der Waals surface area contributed by atoms with Crippen molar-refractivity contribution in [2.75, 3.05) is 13.2 Å². The van der Waals surface area contributed by atoms with E-state index in [1.54, 1.807) is 32.9 Å². The highest BCUT2D eigenvalue weighted by Crippen LogP contribution is 2.47. The van der Waals surface area contributed by atoms with Crippen molar-refractivity contribution in [2.24, 2.45) is 0 Å². The Bertz CT molecular complexity index is 1530. The zero-order valence-corrected chi connectivity index (χ0v) is 24.2. The molecule has 0 saturated carbocycles. The minimum absolute atomic E-state index is 0.236. The maximum atomic E-state index is 13.3. The summed E-state index contributed by atoms with van der Waals surface area (Å²) in [6.45, 7) is 5.24. The van der Waals surface area contributed by atoms with Crippen molar-refractivity contribution < 1.29 is 40.6 Å². The van der Waals surface area contributed by atoms with Crippen LogP contribution >= 0.6 is 23.1 Å². The van der Waals surface area contributed by atoms with Crippen LogP contribution in [0.2, 0.25) is 0 Å². The number of halogens is 6. The first-order valence-electron chi connectivity index (χ1n) is 12.6. The molecule has 0 spiro atoms. The Hall–Kier alpha value is -3.51. The number of esters is 1. The van der Waals surface area contributed by atoms with Gasteiger partial charge >= 0.3 is 18.3 Å². The zero-order chi connectivity index (χ0) is 30.7. The Balaban J connectivity index is 1.67. The molecule has 4 aromatic rings. The standard InChI is InChI=1S/C30H25F6NO3S2/c1-4-39-25(38)16-40-24-14-13-23(15-17(24)2)41-27(19-5-9-21(10-6-19)29(31,32)33)26-18(3)37-28(42-26)20-7-11-22(12-8-20)30(34,35)36/h5-15,27H,4,16H2,1-3H3. The van der Waals surface area contributed by atoms with Crippen LogP contribution in [0.5, 0.6) is 5.75 Å². The summed E-state index contributed by atoms with van der Waals surface area (Å²) < 4.78 is 89.3. The summed E-state index contributed by atoms with van der Waals surface area (Å²) in [6.07, 6.45) is -8.96. The highest BCUT2D eigenvalue weighted by molar-refractivity contribution is 7.99. The van der Waals surface area contributed by atoms with E-state index in [4.69, 9.17) is 9.47 Å². The molecule has 42 heavy (non-hydrogen) atoms. The van der Waals surface area contributed by atoms with Crippen LogP contribution in [-0.2, 0) is 21.9 Å². The number of rotatable bonds is 9. The molecular formula is C30H25F6NO3S2. The van der Waals surface area contributed by atoms with Gasteiger partial charge in [0.1, 0.15) is 10.8 Å². The summed E-state index contributed by atoms with van der Waals surface area (Å²) in [5.74, 6) is -0.0146. The molecule has 1 atom stereocenters. The van der Waals surface area contributed by atoms with Crippen molar-refractivity contribution in [1.82, 2.24) is 4.98 Å². The molecule has 1 unspecified atom stereocenters. The average Bonchev–Trinajstić information content (AvgIpc) is 3.31. The van der Waals surface area contributed by atoms with Crippen LogP contribution in [0.1, 0.15) is 45.0 Å². The van der Waals surface area contributed by atoms with Gasteiger partial charge < -0.3 is 9.47 Å². The number of hydrogen-bond donors (Lipinski definition) is 0. The highest BCUT2D eigenvalue weighted by atomic mass is 32.2. The molecule has 0 amide bonds. The van der Waals surface area contributed by atoms with E-state index in [0.717, 1.165) is 39.6 Å². The number of hydrogen-bond acceptors (Lipinski definition) is 6. The molecule has 0 fully saturated rings. The third-order valence-corrected chi connectivity index (χ3v) is 8.81. The number of alkyl halides is 6. The van der Waals surface area contributed by atoms with Gasteiger partial charge in [-0.15, -0.1) is 23.1 Å². The summed E-state index contributed by atoms with van der Waals surface area (Å²) in [5, 5.41) is 0.0197. The first kappa shape index (κ1) is 31.4. The predicted octanol–water partition coefficient (Wildman–Crippen LogP) is 9.29. The molecule has 0 bridgehead atoms. The van der Waals surface area contributed by atoms with Crippen LogP contribution in [0.3, 0.4) is 0 Å². The monoisotopic (exact) mass is 625 g/mol. The summed E-state index contributed by atoms with van der Waals surface area (Å²) >= 11 is 2.66. The Kier molecular flexibility index (Phi) is 9.56.